The molecule has 0 fully saturated rings. The third-order valence-electron chi connectivity index (χ3n) is 5.07. The van der Waals surface area contributed by atoms with Gasteiger partial charge in [-0.3, -0.25) is 4.79 Å². The fourth-order valence-electron chi connectivity index (χ4n) is 3.44. The highest BCUT2D eigenvalue weighted by Crippen LogP contribution is 2.22. The summed E-state index contributed by atoms with van der Waals surface area (Å²) in [6.45, 7) is 5.94. The molecule has 2 aromatic carbocycles. The zero-order valence-electron chi connectivity index (χ0n) is 17.6. The van der Waals surface area contributed by atoms with Crippen molar-refractivity contribution in [3.8, 4) is 5.69 Å². The van der Waals surface area contributed by atoms with Crippen molar-refractivity contribution in [1.29, 1.82) is 0 Å². The summed E-state index contributed by atoms with van der Waals surface area (Å²) in [6.07, 6.45) is 4.52. The maximum absolute atomic E-state index is 12.4. The van der Waals surface area contributed by atoms with Crippen LogP contribution in [0.3, 0.4) is 0 Å². The summed E-state index contributed by atoms with van der Waals surface area (Å²) in [5.74, 6) is -0.209. The molecule has 0 aliphatic heterocycles. The number of nitrogens with zero attached hydrogens (tertiary/aromatic N) is 1. The third kappa shape index (κ3) is 4.89. The van der Waals surface area contributed by atoms with Crippen molar-refractivity contribution in [3.63, 3.8) is 0 Å². The Morgan fingerprint density at radius 3 is 2.27 bits per heavy atom. The second kappa shape index (κ2) is 8.71. The van der Waals surface area contributed by atoms with E-state index in [0.717, 1.165) is 28.2 Å². The maximum Gasteiger partial charge on any atom is 0.244 e. The summed E-state index contributed by atoms with van der Waals surface area (Å²) < 4.78 is 25.3. The molecular weight excluding hydrogens is 396 g/mol. The van der Waals surface area contributed by atoms with Crippen molar-refractivity contribution in [1.82, 2.24) is 9.88 Å². The van der Waals surface area contributed by atoms with Crippen molar-refractivity contribution in [2.45, 2.75) is 31.7 Å². The fourth-order valence-corrected chi connectivity index (χ4v) is 4.08. The molecule has 156 valence electrons. The van der Waals surface area contributed by atoms with Crippen LogP contribution < -0.4 is 5.32 Å². The van der Waals surface area contributed by atoms with Gasteiger partial charge in [0.2, 0.25) is 5.91 Å². The minimum absolute atomic E-state index is 0.209. The molecule has 3 aromatic rings. The van der Waals surface area contributed by atoms with Gasteiger partial charge in [-0.05, 0) is 68.3 Å². The topological polar surface area (TPSA) is 68.2 Å². The predicted molar refractivity (Wildman–Crippen MR) is 120 cm³/mol. The van der Waals surface area contributed by atoms with Crippen LogP contribution in [0.15, 0.2) is 71.6 Å². The van der Waals surface area contributed by atoms with E-state index in [1.807, 2.05) is 45.0 Å². The molecule has 0 radical (unpaired) electrons. The number of carbonyl (C=O) groups excluding carboxylic acids is 1. The van der Waals surface area contributed by atoms with E-state index in [-0.39, 0.29) is 16.8 Å². The molecule has 0 saturated heterocycles. The van der Waals surface area contributed by atoms with E-state index in [1.54, 1.807) is 24.3 Å². The number of amides is 1. The van der Waals surface area contributed by atoms with Crippen LogP contribution in [0.1, 0.15) is 35.5 Å². The number of rotatable bonds is 6. The van der Waals surface area contributed by atoms with Crippen molar-refractivity contribution in [2.75, 3.05) is 6.26 Å². The minimum atomic E-state index is -3.23. The van der Waals surface area contributed by atoms with Gasteiger partial charge in [0, 0.05) is 29.4 Å². The van der Waals surface area contributed by atoms with Crippen LogP contribution in [0.4, 0.5) is 0 Å². The normalized spacial score (nSPS) is 12.8. The monoisotopic (exact) mass is 422 g/mol. The molecule has 1 atom stereocenters. The quantitative estimate of drug-likeness (QED) is 0.599. The van der Waals surface area contributed by atoms with Gasteiger partial charge in [0.05, 0.1) is 10.9 Å². The van der Waals surface area contributed by atoms with E-state index in [2.05, 4.69) is 28.1 Å². The highest BCUT2D eigenvalue weighted by molar-refractivity contribution is 7.90. The number of sulfone groups is 1. The summed E-state index contributed by atoms with van der Waals surface area (Å²) in [6, 6.07) is 18.5. The molecule has 0 aliphatic rings. The Bertz CT molecular complexity index is 1180. The van der Waals surface area contributed by atoms with Crippen LogP contribution in [-0.2, 0) is 14.6 Å². The van der Waals surface area contributed by atoms with Crippen LogP contribution in [0, 0.1) is 13.8 Å². The van der Waals surface area contributed by atoms with E-state index in [4.69, 9.17) is 0 Å². The number of aromatic nitrogens is 1. The smallest absolute Gasteiger partial charge is 0.244 e. The first kappa shape index (κ1) is 21.6. The number of benzene rings is 2. The van der Waals surface area contributed by atoms with Crippen molar-refractivity contribution in [2.24, 2.45) is 0 Å². The summed E-state index contributed by atoms with van der Waals surface area (Å²) in [4.78, 5) is 12.7. The highest BCUT2D eigenvalue weighted by Gasteiger charge is 2.12. The van der Waals surface area contributed by atoms with Gasteiger partial charge in [-0.2, -0.15) is 0 Å². The molecule has 1 unspecified atom stereocenters. The van der Waals surface area contributed by atoms with Gasteiger partial charge in [0.15, 0.2) is 9.84 Å². The van der Waals surface area contributed by atoms with Crippen LogP contribution in [0.2, 0.25) is 0 Å². The molecule has 3 rings (SSSR count). The first-order valence-corrected chi connectivity index (χ1v) is 11.6. The molecule has 0 aliphatic carbocycles. The van der Waals surface area contributed by atoms with Crippen molar-refractivity contribution >= 4 is 21.8 Å². The molecule has 1 amide bonds. The maximum atomic E-state index is 12.4. The van der Waals surface area contributed by atoms with Gasteiger partial charge < -0.3 is 9.88 Å². The van der Waals surface area contributed by atoms with Gasteiger partial charge in [0.1, 0.15) is 0 Å². The molecular formula is C24H26N2O3S. The predicted octanol–water partition coefficient (Wildman–Crippen LogP) is 4.39. The lowest BCUT2D eigenvalue weighted by Gasteiger charge is -2.13. The Labute approximate surface area is 178 Å². The van der Waals surface area contributed by atoms with Gasteiger partial charge in [-0.25, -0.2) is 8.42 Å². The van der Waals surface area contributed by atoms with Crippen LogP contribution in [-0.4, -0.2) is 25.1 Å². The molecule has 5 nitrogen and oxygen atoms in total. The number of nitrogens with one attached hydrogen (secondary N) is 1. The van der Waals surface area contributed by atoms with Crippen molar-refractivity contribution in [3.05, 3.63) is 89.3 Å². The lowest BCUT2D eigenvalue weighted by molar-refractivity contribution is -0.117. The number of aryl methyl sites for hydroxylation is 1. The standard InChI is InChI=1S/C24H26N2O3S/c1-17-16-21(19(3)26(17)22-8-6-5-7-9-22)12-15-24(27)25-18(2)20-10-13-23(14-11-20)30(4,28)29/h5-16,18H,1-4H3,(H,25,27)/b15-12+. The van der Waals surface area contributed by atoms with Gasteiger partial charge in [0.25, 0.3) is 0 Å². The summed E-state index contributed by atoms with van der Waals surface area (Å²) in [5, 5.41) is 2.92. The lowest BCUT2D eigenvalue weighted by Crippen LogP contribution is -2.24. The SMILES string of the molecule is Cc1cc(/C=C/C(=O)NC(C)c2ccc(S(C)(=O)=O)cc2)c(C)n1-c1ccccc1. The Balaban J connectivity index is 1.71. The first-order chi connectivity index (χ1) is 14.2. The second-order valence-electron chi connectivity index (χ2n) is 7.40. The number of hydrogen-bond acceptors (Lipinski definition) is 3. The number of hydrogen-bond donors (Lipinski definition) is 1. The molecule has 6 heteroatoms. The number of carbonyl (C=O) groups is 1. The average Bonchev–Trinajstić information content (AvgIpc) is 2.99. The Morgan fingerprint density at radius 1 is 1.03 bits per heavy atom. The summed E-state index contributed by atoms with van der Waals surface area (Å²) in [7, 11) is -3.23. The number of para-hydroxylation sites is 1. The van der Waals surface area contributed by atoms with Gasteiger partial charge in [-0.15, -0.1) is 0 Å². The summed E-state index contributed by atoms with van der Waals surface area (Å²) >= 11 is 0. The molecule has 0 bridgehead atoms. The molecule has 1 N–H and O–H groups in total. The molecule has 0 saturated carbocycles. The average molecular weight is 423 g/mol. The second-order valence-corrected chi connectivity index (χ2v) is 9.42. The van der Waals surface area contributed by atoms with E-state index in [0.29, 0.717) is 0 Å². The lowest BCUT2D eigenvalue weighted by atomic mass is 10.1. The van der Waals surface area contributed by atoms with Crippen LogP contribution in [0.25, 0.3) is 11.8 Å². The first-order valence-electron chi connectivity index (χ1n) is 9.70. The Morgan fingerprint density at radius 2 is 1.67 bits per heavy atom. The summed E-state index contributed by atoms with van der Waals surface area (Å²) in [5.41, 5.74) is 5.07. The zero-order chi connectivity index (χ0) is 21.9. The zero-order valence-corrected chi connectivity index (χ0v) is 18.4. The minimum Gasteiger partial charge on any atom is -0.346 e. The third-order valence-corrected chi connectivity index (χ3v) is 6.19. The Hall–Kier alpha value is -3.12. The van der Waals surface area contributed by atoms with E-state index in [1.165, 1.54) is 12.3 Å². The van der Waals surface area contributed by atoms with Crippen LogP contribution in [0.5, 0.6) is 0 Å². The van der Waals surface area contributed by atoms with E-state index in [9.17, 15) is 13.2 Å². The highest BCUT2D eigenvalue weighted by atomic mass is 32.2. The van der Waals surface area contributed by atoms with Crippen molar-refractivity contribution < 1.29 is 13.2 Å². The fraction of sp³-hybridized carbons (Fsp3) is 0.208. The largest absolute Gasteiger partial charge is 0.346 e. The van der Waals surface area contributed by atoms with Gasteiger partial charge >= 0.3 is 0 Å². The molecule has 1 heterocycles. The van der Waals surface area contributed by atoms with E-state index < -0.39 is 9.84 Å². The Kier molecular flexibility index (Phi) is 6.27. The molecule has 1 aromatic heterocycles. The van der Waals surface area contributed by atoms with E-state index >= 15 is 0 Å². The molecule has 0 spiro atoms. The van der Waals surface area contributed by atoms with Crippen LogP contribution >= 0.6 is 0 Å². The van der Waals surface area contributed by atoms with Gasteiger partial charge in [-0.1, -0.05) is 30.3 Å². The molecule has 30 heavy (non-hydrogen) atoms.